The van der Waals surface area contributed by atoms with Crippen molar-refractivity contribution < 1.29 is 19.0 Å². The average Bonchev–Trinajstić information content (AvgIpc) is 2.55. The van der Waals surface area contributed by atoms with E-state index in [2.05, 4.69) is 5.32 Å². The second-order valence-electron chi connectivity index (χ2n) is 5.56. The van der Waals surface area contributed by atoms with Gasteiger partial charge in [-0.05, 0) is 61.4 Å². The van der Waals surface area contributed by atoms with Crippen LogP contribution in [-0.2, 0) is 0 Å². The van der Waals surface area contributed by atoms with E-state index in [1.165, 1.54) is 24.3 Å². The maximum absolute atomic E-state index is 12.6. The average molecular weight is 321 g/mol. The molecule has 5 heteroatoms. The van der Waals surface area contributed by atoms with Crippen molar-refractivity contribution in [1.29, 1.82) is 0 Å². The molecule has 0 bridgehead atoms. The molecule has 2 unspecified atom stereocenters. The van der Waals surface area contributed by atoms with E-state index in [4.69, 9.17) is 10.2 Å². The molecule has 0 radical (unpaired) electrons. The first-order valence-electron chi connectivity index (χ1n) is 7.69. The van der Waals surface area contributed by atoms with Crippen molar-refractivity contribution in [2.75, 3.05) is 5.32 Å². The van der Waals surface area contributed by atoms with Crippen molar-refractivity contribution in [2.24, 2.45) is 0 Å². The third-order valence-corrected chi connectivity index (χ3v) is 3.67. The quantitative estimate of drug-likeness (QED) is 0.784. The molecule has 0 amide bonds. The van der Waals surface area contributed by atoms with Crippen molar-refractivity contribution >= 4 is 11.4 Å². The summed E-state index contributed by atoms with van der Waals surface area (Å²) >= 11 is 0. The summed E-state index contributed by atoms with van der Waals surface area (Å²) in [7, 11) is 0. The van der Waals surface area contributed by atoms with E-state index in [9.17, 15) is 8.78 Å². The molecule has 2 atom stereocenters. The van der Waals surface area contributed by atoms with Gasteiger partial charge in [-0.2, -0.15) is 0 Å². The maximum Gasteiger partial charge on any atom is 0.123 e. The van der Waals surface area contributed by atoms with Gasteiger partial charge in [-0.1, -0.05) is 12.8 Å². The molecule has 2 aromatic carbocycles. The van der Waals surface area contributed by atoms with Crippen molar-refractivity contribution in [3.8, 4) is 0 Å². The highest BCUT2D eigenvalue weighted by molar-refractivity contribution is 5.59. The molecule has 1 saturated carbocycles. The molecule has 0 heterocycles. The van der Waals surface area contributed by atoms with Crippen molar-refractivity contribution in [3.63, 3.8) is 0 Å². The lowest BCUT2D eigenvalue weighted by Crippen LogP contribution is -2.28. The van der Waals surface area contributed by atoms with E-state index in [0.29, 0.717) is 0 Å². The molecule has 0 aromatic heterocycles. The highest BCUT2D eigenvalue weighted by Crippen LogP contribution is 2.18. The van der Waals surface area contributed by atoms with Crippen molar-refractivity contribution in [1.82, 2.24) is 0 Å². The SMILES string of the molecule is Fc1ccc(Nc2ccc(F)cc2)cc1.OC1CCCCC1O. The van der Waals surface area contributed by atoms with Crippen LogP contribution >= 0.6 is 0 Å². The van der Waals surface area contributed by atoms with Gasteiger partial charge in [-0.15, -0.1) is 0 Å². The maximum atomic E-state index is 12.6. The summed E-state index contributed by atoms with van der Waals surface area (Å²) < 4.78 is 25.2. The Kier molecular flexibility index (Phi) is 6.50. The molecule has 1 aliphatic rings. The standard InChI is InChI=1S/C12H9F2N.C6H12O2/c13-9-1-5-11(6-2-9)15-12-7-3-10(14)4-8-12;7-5-3-1-2-4-6(5)8/h1-8,15H;5-8H,1-4H2. The topological polar surface area (TPSA) is 52.5 Å². The fourth-order valence-corrected chi connectivity index (χ4v) is 2.32. The van der Waals surface area contributed by atoms with Crippen LogP contribution in [-0.4, -0.2) is 22.4 Å². The molecule has 3 nitrogen and oxygen atoms in total. The van der Waals surface area contributed by atoms with Gasteiger partial charge in [0.15, 0.2) is 0 Å². The van der Waals surface area contributed by atoms with Crippen LogP contribution in [0.3, 0.4) is 0 Å². The first-order valence-corrected chi connectivity index (χ1v) is 7.69. The summed E-state index contributed by atoms with van der Waals surface area (Å²) in [5.41, 5.74) is 1.53. The Bertz CT molecular complexity index is 533. The molecule has 0 aliphatic heterocycles. The van der Waals surface area contributed by atoms with Crippen molar-refractivity contribution in [3.05, 3.63) is 60.2 Å². The number of aliphatic hydroxyl groups is 2. The molecule has 23 heavy (non-hydrogen) atoms. The summed E-state index contributed by atoms with van der Waals surface area (Å²) in [5.74, 6) is -0.556. The van der Waals surface area contributed by atoms with Crippen LogP contribution in [0.25, 0.3) is 0 Å². The number of hydrogen-bond donors (Lipinski definition) is 3. The van der Waals surface area contributed by atoms with Crippen molar-refractivity contribution in [2.45, 2.75) is 37.9 Å². The molecular formula is C18H21F2NO2. The number of nitrogens with one attached hydrogen (secondary N) is 1. The van der Waals surface area contributed by atoms with Gasteiger partial charge >= 0.3 is 0 Å². The Balaban J connectivity index is 0.000000203. The Morgan fingerprint density at radius 3 is 1.35 bits per heavy atom. The van der Waals surface area contributed by atoms with E-state index in [1.54, 1.807) is 24.3 Å². The van der Waals surface area contributed by atoms with Crippen LogP contribution in [0, 0.1) is 11.6 Å². The monoisotopic (exact) mass is 321 g/mol. The number of halogens is 2. The van der Waals surface area contributed by atoms with Gasteiger partial charge in [-0.25, -0.2) is 8.78 Å². The molecule has 1 fully saturated rings. The molecule has 0 spiro atoms. The summed E-state index contributed by atoms with van der Waals surface area (Å²) in [6, 6.07) is 12.0. The zero-order valence-electron chi connectivity index (χ0n) is 12.8. The van der Waals surface area contributed by atoms with Crippen LogP contribution in [0.4, 0.5) is 20.2 Å². The lowest BCUT2D eigenvalue weighted by molar-refractivity contribution is -0.00865. The highest BCUT2D eigenvalue weighted by Gasteiger charge is 2.19. The number of benzene rings is 2. The van der Waals surface area contributed by atoms with E-state index in [0.717, 1.165) is 37.1 Å². The van der Waals surface area contributed by atoms with E-state index < -0.39 is 12.2 Å². The van der Waals surface area contributed by atoms with Crippen LogP contribution in [0.1, 0.15) is 25.7 Å². The van der Waals surface area contributed by atoms with E-state index in [1.807, 2.05) is 0 Å². The molecule has 2 aromatic rings. The highest BCUT2D eigenvalue weighted by atomic mass is 19.1. The molecule has 0 saturated heterocycles. The summed E-state index contributed by atoms with van der Waals surface area (Å²) in [6.07, 6.45) is 2.81. The molecule has 124 valence electrons. The predicted molar refractivity (Wildman–Crippen MR) is 86.6 cm³/mol. The van der Waals surface area contributed by atoms with Gasteiger partial charge < -0.3 is 15.5 Å². The first kappa shape index (κ1) is 17.4. The Morgan fingerprint density at radius 2 is 1.04 bits per heavy atom. The number of aliphatic hydroxyl groups excluding tert-OH is 2. The predicted octanol–water partition coefficient (Wildman–Crippen LogP) is 3.99. The smallest absolute Gasteiger partial charge is 0.123 e. The van der Waals surface area contributed by atoms with Gasteiger partial charge in [0, 0.05) is 11.4 Å². The fraction of sp³-hybridized carbons (Fsp3) is 0.333. The minimum atomic E-state index is -0.441. The normalized spacial score (nSPS) is 20.3. The largest absolute Gasteiger partial charge is 0.390 e. The Morgan fingerprint density at radius 1 is 0.696 bits per heavy atom. The third kappa shape index (κ3) is 5.96. The van der Waals surface area contributed by atoms with Crippen LogP contribution in [0.5, 0.6) is 0 Å². The summed E-state index contributed by atoms with van der Waals surface area (Å²) in [4.78, 5) is 0. The van der Waals surface area contributed by atoms with Gasteiger partial charge in [0.05, 0.1) is 12.2 Å². The van der Waals surface area contributed by atoms with Gasteiger partial charge in [0.2, 0.25) is 0 Å². The lowest BCUT2D eigenvalue weighted by Gasteiger charge is -2.22. The Labute approximate surface area is 134 Å². The number of rotatable bonds is 2. The zero-order valence-corrected chi connectivity index (χ0v) is 12.8. The van der Waals surface area contributed by atoms with Gasteiger partial charge in [0.1, 0.15) is 11.6 Å². The molecule has 3 N–H and O–H groups in total. The van der Waals surface area contributed by atoms with Gasteiger partial charge in [0.25, 0.3) is 0 Å². The third-order valence-electron chi connectivity index (χ3n) is 3.67. The first-order chi connectivity index (χ1) is 11.0. The van der Waals surface area contributed by atoms with E-state index in [-0.39, 0.29) is 11.6 Å². The van der Waals surface area contributed by atoms with Crippen LogP contribution in [0.2, 0.25) is 0 Å². The molecule has 1 aliphatic carbocycles. The summed E-state index contributed by atoms with van der Waals surface area (Å²) in [6.45, 7) is 0. The Hall–Kier alpha value is -1.98. The minimum Gasteiger partial charge on any atom is -0.390 e. The lowest BCUT2D eigenvalue weighted by atomic mass is 9.95. The van der Waals surface area contributed by atoms with Gasteiger partial charge in [-0.3, -0.25) is 0 Å². The molecular weight excluding hydrogens is 300 g/mol. The van der Waals surface area contributed by atoms with Crippen LogP contribution in [0.15, 0.2) is 48.5 Å². The zero-order chi connectivity index (χ0) is 16.7. The van der Waals surface area contributed by atoms with Crippen LogP contribution < -0.4 is 5.32 Å². The second-order valence-corrected chi connectivity index (χ2v) is 5.56. The number of hydrogen-bond acceptors (Lipinski definition) is 3. The minimum absolute atomic E-state index is 0.278. The van der Waals surface area contributed by atoms with E-state index >= 15 is 0 Å². The second kappa shape index (κ2) is 8.60. The summed E-state index contributed by atoms with van der Waals surface area (Å²) in [5, 5.41) is 20.9. The fourth-order valence-electron chi connectivity index (χ4n) is 2.32. The molecule has 3 rings (SSSR count). The number of anilines is 2.